The van der Waals surface area contributed by atoms with Gasteiger partial charge in [0.2, 0.25) is 17.8 Å². The molecule has 196 valence electrons. The second-order valence-corrected chi connectivity index (χ2v) is 8.62. The molecule has 2 aromatic carbocycles. The fraction of sp³-hybridized carbons (Fsp3) is 0.385. The van der Waals surface area contributed by atoms with E-state index in [9.17, 15) is 18.0 Å². The Bertz CT molecular complexity index is 1210. The minimum Gasteiger partial charge on any atom is -0.494 e. The first-order chi connectivity index (χ1) is 17.8. The molecule has 3 aromatic rings. The first-order valence-electron chi connectivity index (χ1n) is 12.1. The van der Waals surface area contributed by atoms with Crippen molar-refractivity contribution in [3.63, 3.8) is 0 Å². The third-order valence-electron chi connectivity index (χ3n) is 6.20. The van der Waals surface area contributed by atoms with Gasteiger partial charge in [-0.15, -0.1) is 0 Å². The molecule has 4 rings (SSSR count). The monoisotopic (exact) mass is 514 g/mol. The summed E-state index contributed by atoms with van der Waals surface area (Å²) in [6, 6.07) is 12.8. The lowest BCUT2D eigenvalue weighted by Gasteiger charge is -2.31. The van der Waals surface area contributed by atoms with Crippen molar-refractivity contribution in [3.8, 4) is 17.1 Å². The molecule has 2 heterocycles. The lowest BCUT2D eigenvalue weighted by molar-refractivity contribution is -0.138. The number of carbonyl (C=O) groups excluding carboxylic acids is 1. The van der Waals surface area contributed by atoms with Crippen LogP contribution >= 0.6 is 0 Å². The topological polar surface area (TPSA) is 92.3 Å². The molecule has 1 amide bonds. The van der Waals surface area contributed by atoms with E-state index in [4.69, 9.17) is 4.74 Å². The molecule has 0 aliphatic carbocycles. The van der Waals surface area contributed by atoms with E-state index in [1.54, 1.807) is 7.05 Å². The smallest absolute Gasteiger partial charge is 0.416 e. The first kappa shape index (κ1) is 26.2. The zero-order valence-corrected chi connectivity index (χ0v) is 20.7. The highest BCUT2D eigenvalue weighted by Crippen LogP contribution is 2.32. The summed E-state index contributed by atoms with van der Waals surface area (Å²) < 4.78 is 45.2. The van der Waals surface area contributed by atoms with E-state index in [0.717, 1.165) is 17.4 Å². The Balaban J connectivity index is 1.39. The fourth-order valence-corrected chi connectivity index (χ4v) is 4.23. The molecule has 0 saturated carbocycles. The van der Waals surface area contributed by atoms with Crippen LogP contribution in [0.15, 0.2) is 48.5 Å². The van der Waals surface area contributed by atoms with Gasteiger partial charge in [0, 0.05) is 38.2 Å². The zero-order valence-electron chi connectivity index (χ0n) is 20.7. The van der Waals surface area contributed by atoms with Crippen LogP contribution in [0.2, 0.25) is 0 Å². The molecule has 1 aliphatic rings. The van der Waals surface area contributed by atoms with Crippen LogP contribution in [0.5, 0.6) is 5.75 Å². The molecular weight excluding hydrogens is 485 g/mol. The molecule has 0 bridgehead atoms. The van der Waals surface area contributed by atoms with Crippen molar-refractivity contribution in [2.45, 2.75) is 32.5 Å². The van der Waals surface area contributed by atoms with Gasteiger partial charge in [0.25, 0.3) is 0 Å². The molecular formula is C26H29F3N6O2. The van der Waals surface area contributed by atoms with Crippen LogP contribution in [0.25, 0.3) is 11.4 Å². The molecule has 1 saturated heterocycles. The lowest BCUT2D eigenvalue weighted by atomic mass is 9.96. The quantitative estimate of drug-likeness (QED) is 0.456. The van der Waals surface area contributed by atoms with Gasteiger partial charge in [-0.2, -0.15) is 28.1 Å². The summed E-state index contributed by atoms with van der Waals surface area (Å²) in [4.78, 5) is 28.3. The Morgan fingerprint density at radius 1 is 1.05 bits per heavy atom. The Hall–Kier alpha value is -3.89. The molecule has 0 unspecified atom stereocenters. The number of aromatic nitrogens is 3. The molecule has 0 atom stereocenters. The van der Waals surface area contributed by atoms with Crippen molar-refractivity contribution >= 4 is 17.8 Å². The third-order valence-corrected chi connectivity index (χ3v) is 6.20. The predicted octanol–water partition coefficient (Wildman–Crippen LogP) is 4.53. The van der Waals surface area contributed by atoms with E-state index < -0.39 is 11.7 Å². The number of piperidine rings is 1. The maximum absolute atomic E-state index is 13.2. The van der Waals surface area contributed by atoms with Crippen molar-refractivity contribution < 1.29 is 22.7 Å². The number of anilines is 2. The van der Waals surface area contributed by atoms with E-state index in [-0.39, 0.29) is 23.9 Å². The van der Waals surface area contributed by atoms with Crippen molar-refractivity contribution in [1.29, 1.82) is 0 Å². The van der Waals surface area contributed by atoms with Crippen LogP contribution in [0, 0.1) is 5.92 Å². The summed E-state index contributed by atoms with van der Waals surface area (Å²) in [5, 5.41) is 5.64. The predicted molar refractivity (Wildman–Crippen MR) is 134 cm³/mol. The lowest BCUT2D eigenvalue weighted by Crippen LogP contribution is -2.41. The normalized spacial score (nSPS) is 14.4. The fourth-order valence-electron chi connectivity index (χ4n) is 4.23. The number of benzene rings is 2. The average Bonchev–Trinajstić information content (AvgIpc) is 2.91. The van der Waals surface area contributed by atoms with Crippen LogP contribution in [0.1, 0.15) is 30.9 Å². The molecule has 1 aliphatic heterocycles. The molecule has 1 aromatic heterocycles. The zero-order chi connectivity index (χ0) is 26.4. The highest BCUT2D eigenvalue weighted by molar-refractivity contribution is 5.79. The number of nitrogens with one attached hydrogen (secondary N) is 2. The average molecular weight is 515 g/mol. The van der Waals surface area contributed by atoms with Crippen molar-refractivity contribution in [2.24, 2.45) is 5.92 Å². The van der Waals surface area contributed by atoms with E-state index in [1.165, 1.54) is 18.2 Å². The van der Waals surface area contributed by atoms with Gasteiger partial charge in [0.05, 0.1) is 12.2 Å². The van der Waals surface area contributed by atoms with Crippen LogP contribution in [-0.2, 0) is 17.5 Å². The van der Waals surface area contributed by atoms with E-state index in [0.29, 0.717) is 50.3 Å². The number of carbonyl (C=O) groups is 1. The van der Waals surface area contributed by atoms with Gasteiger partial charge in [0.15, 0.2) is 5.82 Å². The van der Waals surface area contributed by atoms with Gasteiger partial charge in [0.1, 0.15) is 5.75 Å². The molecule has 8 nitrogen and oxygen atoms in total. The van der Waals surface area contributed by atoms with Gasteiger partial charge in [-0.25, -0.2) is 0 Å². The number of nitrogens with zero attached hydrogens (tertiary/aromatic N) is 4. The van der Waals surface area contributed by atoms with Crippen LogP contribution in [0.4, 0.5) is 25.1 Å². The Labute approximate surface area is 213 Å². The summed E-state index contributed by atoms with van der Waals surface area (Å²) in [5.41, 5.74) is 0.132. The highest BCUT2D eigenvalue weighted by atomic mass is 19.4. The summed E-state index contributed by atoms with van der Waals surface area (Å²) in [7, 11) is 1.73. The van der Waals surface area contributed by atoms with E-state index >= 15 is 0 Å². The van der Waals surface area contributed by atoms with Crippen molar-refractivity contribution in [1.82, 2.24) is 20.3 Å². The Morgan fingerprint density at radius 2 is 1.76 bits per heavy atom. The second kappa shape index (κ2) is 11.4. The molecule has 2 N–H and O–H groups in total. The standard InChI is InChI=1S/C26H29F3N6O2/c1-3-37-20-10-8-17(9-11-20)22-32-24(30-2)34-25(33-22)35-14-12-18(13-15-35)23(36)31-16-19-6-4-5-7-21(19)26(27,28)29/h4-11,18H,3,12-16H2,1-2H3,(H,31,36)(H,30,32,33,34). The molecule has 37 heavy (non-hydrogen) atoms. The SMILES string of the molecule is CCOc1ccc(-c2nc(NC)nc(N3CCC(C(=O)NCc4ccccc4C(F)(F)F)CC3)n2)cc1. The molecule has 11 heteroatoms. The van der Waals surface area contributed by atoms with Gasteiger partial charge in [-0.05, 0) is 55.7 Å². The van der Waals surface area contributed by atoms with E-state index in [2.05, 4.69) is 25.6 Å². The van der Waals surface area contributed by atoms with E-state index in [1.807, 2.05) is 36.1 Å². The summed E-state index contributed by atoms with van der Waals surface area (Å²) in [6.45, 7) is 3.40. The summed E-state index contributed by atoms with van der Waals surface area (Å²) >= 11 is 0. The maximum atomic E-state index is 13.2. The second-order valence-electron chi connectivity index (χ2n) is 8.62. The number of amides is 1. The van der Waals surface area contributed by atoms with Crippen molar-refractivity contribution in [2.75, 3.05) is 37.0 Å². The van der Waals surface area contributed by atoms with Gasteiger partial charge in [-0.1, -0.05) is 18.2 Å². The number of halogens is 3. The number of rotatable bonds is 8. The van der Waals surface area contributed by atoms with Gasteiger partial charge in [-0.3, -0.25) is 4.79 Å². The number of hydrogen-bond acceptors (Lipinski definition) is 7. The van der Waals surface area contributed by atoms with Crippen molar-refractivity contribution in [3.05, 3.63) is 59.7 Å². The number of alkyl halides is 3. The largest absolute Gasteiger partial charge is 0.494 e. The number of hydrogen-bond donors (Lipinski definition) is 2. The molecule has 0 radical (unpaired) electrons. The maximum Gasteiger partial charge on any atom is 0.416 e. The summed E-state index contributed by atoms with van der Waals surface area (Å²) in [5.74, 6) is 1.65. The van der Waals surface area contributed by atoms with Gasteiger partial charge < -0.3 is 20.3 Å². The van der Waals surface area contributed by atoms with Gasteiger partial charge >= 0.3 is 6.18 Å². The Morgan fingerprint density at radius 3 is 2.41 bits per heavy atom. The summed E-state index contributed by atoms with van der Waals surface area (Å²) in [6.07, 6.45) is -3.40. The minimum atomic E-state index is -4.46. The van der Waals surface area contributed by atoms with Crippen LogP contribution in [0.3, 0.4) is 0 Å². The van der Waals surface area contributed by atoms with Crippen LogP contribution < -0.4 is 20.3 Å². The minimum absolute atomic E-state index is 0.0485. The Kier molecular flexibility index (Phi) is 8.10. The third kappa shape index (κ3) is 6.46. The number of ether oxygens (including phenoxy) is 1. The highest BCUT2D eigenvalue weighted by Gasteiger charge is 2.33. The van der Waals surface area contributed by atoms with Crippen LogP contribution in [-0.4, -0.2) is 47.6 Å². The molecule has 1 fully saturated rings. The first-order valence-corrected chi connectivity index (χ1v) is 12.1. The molecule has 0 spiro atoms.